The lowest BCUT2D eigenvalue weighted by molar-refractivity contribution is 0.787. The van der Waals surface area contributed by atoms with Crippen LogP contribution in [0.1, 0.15) is 6.42 Å². The maximum absolute atomic E-state index is 5.41. The highest BCUT2D eigenvalue weighted by atomic mass is 15.2. The first-order valence-corrected chi connectivity index (χ1v) is 4.17. The number of nitrogens with two attached hydrogens (primary N) is 1. The topological polar surface area (TPSA) is 42.1 Å². The molecule has 0 unspecified atom stereocenters. The molecule has 3 heteroatoms. The number of aromatic nitrogens is 1. The molecule has 0 saturated carbocycles. The van der Waals surface area contributed by atoms with Crippen LogP contribution in [0.25, 0.3) is 0 Å². The number of hydrogen-bond donors (Lipinski definition) is 1. The second-order valence-corrected chi connectivity index (χ2v) is 2.75. The molecule has 0 atom stereocenters. The van der Waals surface area contributed by atoms with E-state index in [2.05, 4.69) is 9.88 Å². The second kappa shape index (κ2) is 4.72. The van der Waals surface area contributed by atoms with Crippen molar-refractivity contribution < 1.29 is 0 Å². The van der Waals surface area contributed by atoms with E-state index >= 15 is 0 Å². The molecular weight excluding hydrogens is 150 g/mol. The zero-order chi connectivity index (χ0) is 8.81. The molecule has 0 aliphatic carbocycles. The Kier molecular flexibility index (Phi) is 3.54. The van der Waals surface area contributed by atoms with Crippen LogP contribution in [-0.4, -0.2) is 25.1 Å². The smallest absolute Gasteiger partial charge is 0.128 e. The molecule has 2 N–H and O–H groups in total. The maximum atomic E-state index is 5.41. The first kappa shape index (κ1) is 9.00. The van der Waals surface area contributed by atoms with Crippen LogP contribution in [0.5, 0.6) is 0 Å². The Morgan fingerprint density at radius 1 is 1.50 bits per heavy atom. The van der Waals surface area contributed by atoms with Crippen molar-refractivity contribution in [2.24, 2.45) is 5.73 Å². The summed E-state index contributed by atoms with van der Waals surface area (Å²) in [6.07, 6.45) is 2.81. The first-order chi connectivity index (χ1) is 5.84. The van der Waals surface area contributed by atoms with Crippen LogP contribution in [0.2, 0.25) is 0 Å². The summed E-state index contributed by atoms with van der Waals surface area (Å²) >= 11 is 0. The highest BCUT2D eigenvalue weighted by Crippen LogP contribution is 2.05. The summed E-state index contributed by atoms with van der Waals surface area (Å²) in [6, 6.07) is 5.90. The van der Waals surface area contributed by atoms with Gasteiger partial charge in [0.2, 0.25) is 0 Å². The predicted molar refractivity (Wildman–Crippen MR) is 51.2 cm³/mol. The van der Waals surface area contributed by atoms with Crippen LogP contribution in [0.15, 0.2) is 24.4 Å². The number of rotatable bonds is 4. The highest BCUT2D eigenvalue weighted by Gasteiger charge is 1.98. The van der Waals surface area contributed by atoms with Crippen molar-refractivity contribution >= 4 is 5.82 Å². The Balaban J connectivity index is 2.48. The summed E-state index contributed by atoms with van der Waals surface area (Å²) in [5.74, 6) is 1.01. The van der Waals surface area contributed by atoms with Crippen molar-refractivity contribution in [3.63, 3.8) is 0 Å². The number of anilines is 1. The van der Waals surface area contributed by atoms with Gasteiger partial charge in [-0.2, -0.15) is 0 Å². The van der Waals surface area contributed by atoms with E-state index in [1.165, 1.54) is 0 Å². The van der Waals surface area contributed by atoms with E-state index in [4.69, 9.17) is 5.73 Å². The Labute approximate surface area is 73.2 Å². The molecule has 0 fully saturated rings. The van der Waals surface area contributed by atoms with Gasteiger partial charge in [-0.3, -0.25) is 0 Å². The summed E-state index contributed by atoms with van der Waals surface area (Å²) in [5.41, 5.74) is 5.41. The van der Waals surface area contributed by atoms with Gasteiger partial charge >= 0.3 is 0 Å². The third-order valence-electron chi connectivity index (χ3n) is 1.74. The van der Waals surface area contributed by atoms with Crippen molar-refractivity contribution in [3.05, 3.63) is 24.4 Å². The fourth-order valence-corrected chi connectivity index (χ4v) is 1.02. The van der Waals surface area contributed by atoms with Gasteiger partial charge in [-0.1, -0.05) is 6.07 Å². The van der Waals surface area contributed by atoms with Crippen molar-refractivity contribution in [2.75, 3.05) is 25.0 Å². The van der Waals surface area contributed by atoms with E-state index in [9.17, 15) is 0 Å². The average molecular weight is 165 g/mol. The van der Waals surface area contributed by atoms with Crippen LogP contribution in [-0.2, 0) is 0 Å². The number of nitrogens with zero attached hydrogens (tertiary/aromatic N) is 2. The Bertz CT molecular complexity index is 210. The van der Waals surface area contributed by atoms with Crippen molar-refractivity contribution in [3.8, 4) is 0 Å². The molecular formula is C9H15N3. The molecule has 12 heavy (non-hydrogen) atoms. The molecule has 0 saturated heterocycles. The molecule has 0 spiro atoms. The second-order valence-electron chi connectivity index (χ2n) is 2.75. The molecule has 1 rings (SSSR count). The fourth-order valence-electron chi connectivity index (χ4n) is 1.02. The van der Waals surface area contributed by atoms with Crippen molar-refractivity contribution in [2.45, 2.75) is 6.42 Å². The van der Waals surface area contributed by atoms with E-state index in [0.29, 0.717) is 0 Å². The van der Waals surface area contributed by atoms with Gasteiger partial charge in [0.05, 0.1) is 0 Å². The van der Waals surface area contributed by atoms with Crippen LogP contribution < -0.4 is 10.6 Å². The SMILES string of the molecule is CN(CCCN)c1ccccn1. The third-order valence-corrected chi connectivity index (χ3v) is 1.74. The Morgan fingerprint density at radius 3 is 2.92 bits per heavy atom. The average Bonchev–Trinajstić information content (AvgIpc) is 2.15. The minimum atomic E-state index is 0.733. The Morgan fingerprint density at radius 2 is 2.33 bits per heavy atom. The molecule has 1 heterocycles. The molecule has 0 radical (unpaired) electrons. The zero-order valence-corrected chi connectivity index (χ0v) is 7.40. The molecule has 1 aromatic heterocycles. The number of pyridine rings is 1. The lowest BCUT2D eigenvalue weighted by atomic mass is 10.4. The van der Waals surface area contributed by atoms with E-state index in [0.717, 1.165) is 25.3 Å². The predicted octanol–water partition coefficient (Wildman–Crippen LogP) is 0.867. The van der Waals surface area contributed by atoms with Crippen LogP contribution in [0, 0.1) is 0 Å². The largest absolute Gasteiger partial charge is 0.360 e. The van der Waals surface area contributed by atoms with Crippen LogP contribution >= 0.6 is 0 Å². The van der Waals surface area contributed by atoms with E-state index in [1.807, 2.05) is 25.2 Å². The van der Waals surface area contributed by atoms with Gasteiger partial charge in [0, 0.05) is 19.8 Å². The van der Waals surface area contributed by atoms with Gasteiger partial charge in [0.1, 0.15) is 5.82 Å². The summed E-state index contributed by atoms with van der Waals surface area (Å²) < 4.78 is 0. The van der Waals surface area contributed by atoms with Crippen LogP contribution in [0.3, 0.4) is 0 Å². The first-order valence-electron chi connectivity index (χ1n) is 4.17. The van der Waals surface area contributed by atoms with Gasteiger partial charge in [0.15, 0.2) is 0 Å². The quantitative estimate of drug-likeness (QED) is 0.719. The van der Waals surface area contributed by atoms with Gasteiger partial charge in [0.25, 0.3) is 0 Å². The molecule has 0 aliphatic heterocycles. The zero-order valence-electron chi connectivity index (χ0n) is 7.40. The minimum Gasteiger partial charge on any atom is -0.360 e. The molecule has 1 aromatic rings. The summed E-state index contributed by atoms with van der Waals surface area (Å²) in [4.78, 5) is 6.32. The fraction of sp³-hybridized carbons (Fsp3) is 0.444. The van der Waals surface area contributed by atoms with Gasteiger partial charge in [-0.25, -0.2) is 4.98 Å². The molecule has 0 aromatic carbocycles. The lowest BCUT2D eigenvalue weighted by Crippen LogP contribution is -2.21. The molecule has 0 bridgehead atoms. The lowest BCUT2D eigenvalue weighted by Gasteiger charge is -2.16. The van der Waals surface area contributed by atoms with E-state index in [-0.39, 0.29) is 0 Å². The molecule has 3 nitrogen and oxygen atoms in total. The van der Waals surface area contributed by atoms with Crippen molar-refractivity contribution in [1.82, 2.24) is 4.98 Å². The van der Waals surface area contributed by atoms with Crippen LogP contribution in [0.4, 0.5) is 5.82 Å². The monoisotopic (exact) mass is 165 g/mol. The summed E-state index contributed by atoms with van der Waals surface area (Å²) in [6.45, 7) is 1.70. The minimum absolute atomic E-state index is 0.733. The summed E-state index contributed by atoms with van der Waals surface area (Å²) in [5, 5.41) is 0. The van der Waals surface area contributed by atoms with Gasteiger partial charge in [-0.15, -0.1) is 0 Å². The maximum Gasteiger partial charge on any atom is 0.128 e. The van der Waals surface area contributed by atoms with Gasteiger partial charge in [-0.05, 0) is 25.1 Å². The van der Waals surface area contributed by atoms with Gasteiger partial charge < -0.3 is 10.6 Å². The van der Waals surface area contributed by atoms with E-state index in [1.54, 1.807) is 6.20 Å². The van der Waals surface area contributed by atoms with Crippen molar-refractivity contribution in [1.29, 1.82) is 0 Å². The van der Waals surface area contributed by atoms with E-state index < -0.39 is 0 Å². The molecule has 0 amide bonds. The third kappa shape index (κ3) is 2.51. The number of hydrogen-bond acceptors (Lipinski definition) is 3. The molecule has 66 valence electrons. The highest BCUT2D eigenvalue weighted by molar-refractivity contribution is 5.35. The standard InChI is InChI=1S/C9H15N3/c1-12(8-4-6-10)9-5-2-3-7-11-9/h2-3,5,7H,4,6,8,10H2,1H3. The Hall–Kier alpha value is -1.09. The summed E-state index contributed by atoms with van der Waals surface area (Å²) in [7, 11) is 2.03. The normalized spacial score (nSPS) is 9.83. The molecule has 0 aliphatic rings.